The number of hydrogen-bond donors (Lipinski definition) is 1. The lowest BCUT2D eigenvalue weighted by Gasteiger charge is -2.41. The Hall–Kier alpha value is -2.15. The average molecular weight is 444 g/mol. The van der Waals surface area contributed by atoms with Crippen molar-refractivity contribution in [1.29, 1.82) is 0 Å². The highest BCUT2D eigenvalue weighted by Gasteiger charge is 2.28. The van der Waals surface area contributed by atoms with Crippen LogP contribution in [0.4, 0.5) is 5.13 Å². The molecule has 0 amide bonds. The number of piperazine rings is 1. The van der Waals surface area contributed by atoms with Gasteiger partial charge in [0.2, 0.25) is 0 Å². The summed E-state index contributed by atoms with van der Waals surface area (Å²) < 4.78 is 1.13. The Morgan fingerprint density at radius 3 is 2.80 bits per heavy atom. The van der Waals surface area contributed by atoms with Crippen molar-refractivity contribution >= 4 is 44.3 Å². The molecule has 0 unspecified atom stereocenters. The minimum Gasteiger partial charge on any atom is -0.481 e. The molecule has 1 fully saturated rings. The molecular formula is C23H26ClN3O2S. The Bertz CT molecular complexity index is 1070. The number of rotatable bonds is 6. The molecule has 1 atom stereocenters. The lowest BCUT2D eigenvalue weighted by atomic mass is 10.0. The fourth-order valence-corrected chi connectivity index (χ4v) is 5.59. The van der Waals surface area contributed by atoms with Crippen molar-refractivity contribution in [2.75, 3.05) is 24.5 Å². The van der Waals surface area contributed by atoms with Crippen LogP contribution in [-0.4, -0.2) is 46.6 Å². The summed E-state index contributed by atoms with van der Waals surface area (Å²) in [5.41, 5.74) is 4.17. The molecule has 158 valence electrons. The van der Waals surface area contributed by atoms with Crippen LogP contribution in [-0.2, 0) is 17.8 Å². The van der Waals surface area contributed by atoms with E-state index in [0.29, 0.717) is 6.04 Å². The number of nitrogens with zero attached hydrogens (tertiary/aromatic N) is 3. The molecule has 0 bridgehead atoms. The van der Waals surface area contributed by atoms with Gasteiger partial charge in [-0.25, -0.2) is 4.98 Å². The summed E-state index contributed by atoms with van der Waals surface area (Å²) in [4.78, 5) is 20.8. The topological polar surface area (TPSA) is 56.7 Å². The third kappa shape index (κ3) is 4.77. The maximum absolute atomic E-state index is 11.1. The van der Waals surface area contributed by atoms with Gasteiger partial charge in [0.15, 0.2) is 5.13 Å². The van der Waals surface area contributed by atoms with Crippen LogP contribution in [0.25, 0.3) is 10.2 Å². The first-order chi connectivity index (χ1) is 14.4. The molecule has 1 aromatic heterocycles. The number of aromatic nitrogens is 1. The number of aryl methyl sites for hydroxylation is 1. The van der Waals surface area contributed by atoms with Crippen LogP contribution in [0.3, 0.4) is 0 Å². The lowest BCUT2D eigenvalue weighted by molar-refractivity contribution is -0.136. The van der Waals surface area contributed by atoms with E-state index < -0.39 is 5.97 Å². The Morgan fingerprint density at radius 2 is 2.03 bits per heavy atom. The van der Waals surface area contributed by atoms with E-state index in [1.165, 1.54) is 5.56 Å². The second-order valence-corrected chi connectivity index (χ2v) is 9.44. The zero-order valence-electron chi connectivity index (χ0n) is 17.3. The monoisotopic (exact) mass is 443 g/mol. The van der Waals surface area contributed by atoms with E-state index in [-0.39, 0.29) is 6.42 Å². The summed E-state index contributed by atoms with van der Waals surface area (Å²) in [6.45, 7) is 7.95. The zero-order valence-corrected chi connectivity index (χ0v) is 18.8. The number of carboxylic acid groups (broad SMARTS) is 1. The summed E-state index contributed by atoms with van der Waals surface area (Å²) >= 11 is 7.85. The minimum absolute atomic E-state index is 0.0711. The molecule has 2 heterocycles. The van der Waals surface area contributed by atoms with E-state index in [1.807, 2.05) is 37.3 Å². The molecule has 5 nitrogen and oxygen atoms in total. The number of carbonyl (C=O) groups is 1. The van der Waals surface area contributed by atoms with Gasteiger partial charge in [-0.3, -0.25) is 9.69 Å². The number of halogens is 1. The van der Waals surface area contributed by atoms with Gasteiger partial charge >= 0.3 is 5.97 Å². The van der Waals surface area contributed by atoms with Crippen molar-refractivity contribution in [3.05, 3.63) is 58.1 Å². The molecule has 1 aliphatic rings. The molecule has 3 aromatic rings. The smallest absolute Gasteiger partial charge is 0.307 e. The van der Waals surface area contributed by atoms with Crippen LogP contribution in [0.1, 0.15) is 30.0 Å². The van der Waals surface area contributed by atoms with Gasteiger partial charge in [-0.1, -0.05) is 53.6 Å². The van der Waals surface area contributed by atoms with Crippen molar-refractivity contribution < 1.29 is 9.90 Å². The second-order valence-electron chi connectivity index (χ2n) is 8.00. The molecule has 30 heavy (non-hydrogen) atoms. The third-order valence-electron chi connectivity index (χ3n) is 5.58. The predicted octanol–water partition coefficient (Wildman–Crippen LogP) is 4.99. The highest BCUT2D eigenvalue weighted by Crippen LogP contribution is 2.33. The molecule has 0 saturated carbocycles. The first-order valence-electron chi connectivity index (χ1n) is 10.3. The molecule has 1 aliphatic heterocycles. The van der Waals surface area contributed by atoms with E-state index in [0.717, 1.165) is 64.1 Å². The van der Waals surface area contributed by atoms with Gasteiger partial charge in [0.05, 0.1) is 16.6 Å². The first-order valence-corrected chi connectivity index (χ1v) is 11.5. The van der Waals surface area contributed by atoms with Gasteiger partial charge in [-0.2, -0.15) is 0 Å². The highest BCUT2D eigenvalue weighted by atomic mass is 35.5. The van der Waals surface area contributed by atoms with E-state index >= 15 is 0 Å². The van der Waals surface area contributed by atoms with Crippen LogP contribution >= 0.6 is 22.9 Å². The van der Waals surface area contributed by atoms with Crippen molar-refractivity contribution in [3.8, 4) is 0 Å². The molecular weight excluding hydrogens is 418 g/mol. The van der Waals surface area contributed by atoms with Crippen LogP contribution < -0.4 is 4.90 Å². The zero-order chi connectivity index (χ0) is 21.3. The number of carboxylic acids is 1. The van der Waals surface area contributed by atoms with Crippen LogP contribution in [0.15, 0.2) is 36.4 Å². The summed E-state index contributed by atoms with van der Waals surface area (Å²) in [5.74, 6) is -0.789. The van der Waals surface area contributed by atoms with Gasteiger partial charge in [0, 0.05) is 37.2 Å². The third-order valence-corrected chi connectivity index (χ3v) is 6.87. The molecule has 7 heteroatoms. The first kappa shape index (κ1) is 21.1. The van der Waals surface area contributed by atoms with Crippen LogP contribution in [0.5, 0.6) is 0 Å². The number of aliphatic carboxylic acids is 1. The van der Waals surface area contributed by atoms with Crippen molar-refractivity contribution in [2.24, 2.45) is 0 Å². The Kier molecular flexibility index (Phi) is 6.27. The second kappa shape index (κ2) is 8.92. The van der Waals surface area contributed by atoms with Gasteiger partial charge in [0.1, 0.15) is 0 Å². The average Bonchev–Trinajstić information content (AvgIpc) is 3.09. The summed E-state index contributed by atoms with van der Waals surface area (Å²) in [7, 11) is 0. The normalized spacial score (nSPS) is 17.6. The fraction of sp³-hybridized carbons (Fsp3) is 0.391. The Balaban J connectivity index is 1.48. The van der Waals surface area contributed by atoms with Gasteiger partial charge in [-0.15, -0.1) is 0 Å². The molecule has 2 aromatic carbocycles. The van der Waals surface area contributed by atoms with Crippen molar-refractivity contribution in [3.63, 3.8) is 0 Å². The minimum atomic E-state index is -0.789. The maximum Gasteiger partial charge on any atom is 0.307 e. The van der Waals surface area contributed by atoms with Crippen molar-refractivity contribution in [2.45, 2.75) is 39.3 Å². The highest BCUT2D eigenvalue weighted by molar-refractivity contribution is 7.22. The molecule has 4 rings (SSSR count). The van der Waals surface area contributed by atoms with Gasteiger partial charge in [0.25, 0.3) is 0 Å². The Labute approximate surface area is 185 Å². The van der Waals surface area contributed by atoms with Crippen molar-refractivity contribution in [1.82, 2.24) is 9.88 Å². The van der Waals surface area contributed by atoms with Gasteiger partial charge in [-0.05, 0) is 42.7 Å². The Morgan fingerprint density at radius 1 is 1.23 bits per heavy atom. The van der Waals surface area contributed by atoms with E-state index in [9.17, 15) is 4.79 Å². The molecule has 0 spiro atoms. The van der Waals surface area contributed by atoms with Crippen LogP contribution in [0.2, 0.25) is 5.02 Å². The summed E-state index contributed by atoms with van der Waals surface area (Å²) in [5, 5.41) is 10.9. The number of thiazole rings is 1. The fourth-order valence-electron chi connectivity index (χ4n) is 4.25. The lowest BCUT2D eigenvalue weighted by Crippen LogP contribution is -2.52. The number of benzene rings is 2. The quantitative estimate of drug-likeness (QED) is 0.581. The largest absolute Gasteiger partial charge is 0.481 e. The van der Waals surface area contributed by atoms with Gasteiger partial charge < -0.3 is 10.0 Å². The molecule has 1 N–H and O–H groups in total. The standard InChI is InChI=1S/C23H26ClN3O2S/c1-3-19-14-26(13-17-9-15(2)8-16(10-17)11-22(28)29)6-7-27(19)23-25-20-5-4-18(24)12-21(20)30-23/h4-5,8-10,12,19H,3,6-7,11,13-14H2,1-2H3,(H,28,29)/t19-/m0/s1. The number of anilines is 1. The van der Waals surface area contributed by atoms with E-state index in [2.05, 4.69) is 22.8 Å². The number of fused-ring (bicyclic) bond motifs is 1. The maximum atomic E-state index is 11.1. The molecule has 0 radical (unpaired) electrons. The molecule has 0 aliphatic carbocycles. The predicted molar refractivity (Wildman–Crippen MR) is 124 cm³/mol. The van der Waals surface area contributed by atoms with Crippen LogP contribution in [0, 0.1) is 6.92 Å². The van der Waals surface area contributed by atoms with E-state index in [1.54, 1.807) is 11.3 Å². The number of hydrogen-bond acceptors (Lipinski definition) is 5. The van der Waals surface area contributed by atoms with E-state index in [4.69, 9.17) is 21.7 Å². The summed E-state index contributed by atoms with van der Waals surface area (Å²) in [6.07, 6.45) is 1.12. The molecule has 1 saturated heterocycles. The SMILES string of the molecule is CC[C@H]1CN(Cc2cc(C)cc(CC(=O)O)c2)CCN1c1nc2ccc(Cl)cc2s1. The summed E-state index contributed by atoms with van der Waals surface area (Å²) in [6, 6.07) is 12.4.